The van der Waals surface area contributed by atoms with Gasteiger partial charge in [0.2, 0.25) is 0 Å². The lowest BCUT2D eigenvalue weighted by molar-refractivity contribution is -0.119. The predicted molar refractivity (Wildman–Crippen MR) is 89.4 cm³/mol. The molecule has 1 amide bonds. The van der Waals surface area contributed by atoms with E-state index >= 15 is 0 Å². The topological polar surface area (TPSA) is 73.6 Å². The zero-order chi connectivity index (χ0) is 15.9. The van der Waals surface area contributed by atoms with Crippen molar-refractivity contribution in [2.24, 2.45) is 5.73 Å². The van der Waals surface area contributed by atoms with Crippen LogP contribution in [0.5, 0.6) is 11.5 Å². The summed E-state index contributed by atoms with van der Waals surface area (Å²) in [7, 11) is 1.55. The Morgan fingerprint density at radius 1 is 1.32 bits per heavy atom. The van der Waals surface area contributed by atoms with Crippen molar-refractivity contribution in [1.29, 1.82) is 0 Å². The van der Waals surface area contributed by atoms with Crippen molar-refractivity contribution in [3.05, 3.63) is 23.8 Å². The Bertz CT molecular complexity index is 542. The summed E-state index contributed by atoms with van der Waals surface area (Å²) in [5.41, 5.74) is 5.96. The maximum absolute atomic E-state index is 10.8. The first-order chi connectivity index (χ1) is 10.6. The average Bonchev–Trinajstić information content (AvgIpc) is 2.53. The van der Waals surface area contributed by atoms with Crippen LogP contribution in [-0.4, -0.2) is 30.7 Å². The lowest BCUT2D eigenvalue weighted by Crippen LogP contribution is -2.35. The van der Waals surface area contributed by atoms with Crippen LogP contribution in [0.4, 0.5) is 0 Å². The molecule has 0 radical (unpaired) electrons. The number of nitrogens with two attached hydrogens (primary N) is 1. The average molecular weight is 322 g/mol. The van der Waals surface area contributed by atoms with Crippen molar-refractivity contribution in [3.63, 3.8) is 0 Å². The number of carbonyl (C=O) groups excluding carboxylic acids is 1. The molecule has 6 heteroatoms. The second-order valence-electron chi connectivity index (χ2n) is 5.43. The van der Waals surface area contributed by atoms with Crippen LogP contribution in [0.15, 0.2) is 18.2 Å². The van der Waals surface area contributed by atoms with E-state index in [0.29, 0.717) is 22.5 Å². The lowest BCUT2D eigenvalue weighted by Gasteiger charge is -2.24. The molecule has 1 fully saturated rings. The van der Waals surface area contributed by atoms with Gasteiger partial charge in [0.15, 0.2) is 18.1 Å². The number of carbonyl (C=O) groups is 1. The van der Waals surface area contributed by atoms with E-state index in [0.717, 1.165) is 18.4 Å². The number of rotatable bonds is 6. The summed E-state index contributed by atoms with van der Waals surface area (Å²) in [5, 5.41) is 3.42. The van der Waals surface area contributed by atoms with Crippen molar-refractivity contribution < 1.29 is 14.3 Å². The number of hydrogen-bond acceptors (Lipinski definition) is 4. The highest BCUT2D eigenvalue weighted by Crippen LogP contribution is 2.28. The van der Waals surface area contributed by atoms with Gasteiger partial charge in [0.1, 0.15) is 4.99 Å². The number of ether oxygens (including phenoxy) is 2. The second kappa shape index (κ2) is 7.98. The first-order valence-corrected chi connectivity index (χ1v) is 7.91. The van der Waals surface area contributed by atoms with E-state index < -0.39 is 5.91 Å². The number of primary amides is 1. The van der Waals surface area contributed by atoms with Gasteiger partial charge in [-0.05, 0) is 31.0 Å². The SMILES string of the molecule is COc1cc(C(=S)NC2CCCCC2)ccc1OCC(N)=O. The fourth-order valence-electron chi connectivity index (χ4n) is 2.59. The predicted octanol–water partition coefficient (Wildman–Crippen LogP) is 2.16. The first kappa shape index (κ1) is 16.5. The number of methoxy groups -OCH3 is 1. The maximum Gasteiger partial charge on any atom is 0.255 e. The van der Waals surface area contributed by atoms with Crippen LogP contribution in [0, 0.1) is 0 Å². The third kappa shape index (κ3) is 4.59. The van der Waals surface area contributed by atoms with Crippen LogP contribution in [0.25, 0.3) is 0 Å². The van der Waals surface area contributed by atoms with Crippen LogP contribution in [0.1, 0.15) is 37.7 Å². The largest absolute Gasteiger partial charge is 0.493 e. The summed E-state index contributed by atoms with van der Waals surface area (Å²) in [4.78, 5) is 11.5. The van der Waals surface area contributed by atoms with Gasteiger partial charge in [0, 0.05) is 11.6 Å². The van der Waals surface area contributed by atoms with Gasteiger partial charge in [-0.3, -0.25) is 4.79 Å². The zero-order valence-electron chi connectivity index (χ0n) is 12.8. The Hall–Kier alpha value is -1.82. The van der Waals surface area contributed by atoms with Crippen LogP contribution in [0.3, 0.4) is 0 Å². The Balaban J connectivity index is 2.04. The van der Waals surface area contributed by atoms with Crippen molar-refractivity contribution >= 4 is 23.1 Å². The Morgan fingerprint density at radius 3 is 2.68 bits per heavy atom. The fourth-order valence-corrected chi connectivity index (χ4v) is 2.89. The highest BCUT2D eigenvalue weighted by atomic mass is 32.1. The van der Waals surface area contributed by atoms with Gasteiger partial charge in [0.25, 0.3) is 5.91 Å². The number of hydrogen-bond donors (Lipinski definition) is 2. The van der Waals surface area contributed by atoms with Crippen LogP contribution in [0.2, 0.25) is 0 Å². The lowest BCUT2D eigenvalue weighted by atomic mass is 9.95. The van der Waals surface area contributed by atoms with E-state index in [4.69, 9.17) is 27.4 Å². The summed E-state index contributed by atoms with van der Waals surface area (Å²) < 4.78 is 10.6. The van der Waals surface area contributed by atoms with E-state index in [2.05, 4.69) is 5.32 Å². The number of nitrogens with one attached hydrogen (secondary N) is 1. The first-order valence-electron chi connectivity index (χ1n) is 7.50. The van der Waals surface area contributed by atoms with Gasteiger partial charge in [-0.1, -0.05) is 31.5 Å². The van der Waals surface area contributed by atoms with Gasteiger partial charge in [-0.25, -0.2) is 0 Å². The molecule has 22 heavy (non-hydrogen) atoms. The van der Waals surface area contributed by atoms with E-state index in [9.17, 15) is 4.79 Å². The van der Waals surface area contributed by atoms with Crippen molar-refractivity contribution in [2.75, 3.05) is 13.7 Å². The molecule has 120 valence electrons. The van der Waals surface area contributed by atoms with Crippen LogP contribution in [-0.2, 0) is 4.79 Å². The molecule has 0 aliphatic heterocycles. The quantitative estimate of drug-likeness (QED) is 0.785. The standard InChI is InChI=1S/C16H22N2O3S/c1-20-14-9-11(7-8-13(14)21-10-15(17)19)16(22)18-12-5-3-2-4-6-12/h7-9,12H,2-6,10H2,1H3,(H2,17,19)(H,18,22). The van der Waals surface area contributed by atoms with Gasteiger partial charge in [-0.15, -0.1) is 0 Å². The molecule has 1 saturated carbocycles. The summed E-state index contributed by atoms with van der Waals surface area (Å²) in [5.74, 6) is 0.484. The molecule has 2 rings (SSSR count). The molecule has 0 aromatic heterocycles. The van der Waals surface area contributed by atoms with Crippen molar-refractivity contribution in [1.82, 2.24) is 5.32 Å². The number of amides is 1. The Morgan fingerprint density at radius 2 is 2.05 bits per heavy atom. The summed E-state index contributed by atoms with van der Waals surface area (Å²) in [6, 6.07) is 5.87. The van der Waals surface area contributed by atoms with Gasteiger partial charge in [0.05, 0.1) is 7.11 Å². The molecule has 0 atom stereocenters. The number of thiocarbonyl (C=S) groups is 1. The third-order valence-corrected chi connectivity index (χ3v) is 4.09. The minimum Gasteiger partial charge on any atom is -0.493 e. The Kier molecular flexibility index (Phi) is 6.00. The molecule has 1 aromatic rings. The molecular weight excluding hydrogens is 300 g/mol. The smallest absolute Gasteiger partial charge is 0.255 e. The van der Waals surface area contributed by atoms with E-state index in [1.807, 2.05) is 12.1 Å². The van der Waals surface area contributed by atoms with E-state index in [1.54, 1.807) is 13.2 Å². The molecule has 0 heterocycles. The highest BCUT2D eigenvalue weighted by molar-refractivity contribution is 7.80. The number of benzene rings is 1. The third-order valence-electron chi connectivity index (χ3n) is 3.74. The summed E-state index contributed by atoms with van der Waals surface area (Å²) in [6.45, 7) is -0.180. The molecule has 5 nitrogen and oxygen atoms in total. The fraction of sp³-hybridized carbons (Fsp3) is 0.500. The van der Waals surface area contributed by atoms with E-state index in [-0.39, 0.29) is 6.61 Å². The maximum atomic E-state index is 10.8. The molecular formula is C16H22N2O3S. The molecule has 1 aliphatic carbocycles. The monoisotopic (exact) mass is 322 g/mol. The molecule has 0 saturated heterocycles. The minimum absolute atomic E-state index is 0.180. The van der Waals surface area contributed by atoms with Gasteiger partial charge in [-0.2, -0.15) is 0 Å². The van der Waals surface area contributed by atoms with Crippen LogP contribution < -0.4 is 20.5 Å². The van der Waals surface area contributed by atoms with Crippen molar-refractivity contribution in [2.45, 2.75) is 38.1 Å². The normalized spacial score (nSPS) is 15.1. The van der Waals surface area contributed by atoms with Crippen LogP contribution >= 0.6 is 12.2 Å². The minimum atomic E-state index is -0.527. The van der Waals surface area contributed by atoms with E-state index in [1.165, 1.54) is 19.3 Å². The molecule has 1 aromatic carbocycles. The summed E-state index contributed by atoms with van der Waals surface area (Å²) in [6.07, 6.45) is 6.14. The molecule has 0 bridgehead atoms. The van der Waals surface area contributed by atoms with Gasteiger partial charge >= 0.3 is 0 Å². The highest BCUT2D eigenvalue weighted by Gasteiger charge is 2.16. The summed E-state index contributed by atoms with van der Waals surface area (Å²) >= 11 is 5.48. The molecule has 1 aliphatic rings. The Labute approximate surface area is 136 Å². The zero-order valence-corrected chi connectivity index (χ0v) is 13.6. The van der Waals surface area contributed by atoms with Gasteiger partial charge < -0.3 is 20.5 Å². The second-order valence-corrected chi connectivity index (χ2v) is 5.84. The molecule has 0 unspecified atom stereocenters. The molecule has 3 N–H and O–H groups in total. The molecule has 0 spiro atoms. The van der Waals surface area contributed by atoms with Crippen molar-refractivity contribution in [3.8, 4) is 11.5 Å².